The molecular formula is C26H36O3. The molecule has 0 radical (unpaired) electrons. The monoisotopic (exact) mass is 396 g/mol. The van der Waals surface area contributed by atoms with Crippen molar-refractivity contribution in [3.63, 3.8) is 0 Å². The summed E-state index contributed by atoms with van der Waals surface area (Å²) in [6.45, 7) is 10.5. The van der Waals surface area contributed by atoms with Gasteiger partial charge in [0.1, 0.15) is 0 Å². The van der Waals surface area contributed by atoms with Gasteiger partial charge >= 0.3 is 0 Å². The fourth-order valence-electron chi connectivity index (χ4n) is 7.73. The van der Waals surface area contributed by atoms with Gasteiger partial charge in [0.2, 0.25) is 0 Å². The van der Waals surface area contributed by atoms with Crippen molar-refractivity contribution in [3.8, 4) is 0 Å². The zero-order chi connectivity index (χ0) is 20.3. The van der Waals surface area contributed by atoms with Crippen LogP contribution in [0.4, 0.5) is 0 Å². The highest BCUT2D eigenvalue weighted by atomic mass is 16.7. The van der Waals surface area contributed by atoms with E-state index in [-0.39, 0.29) is 17.8 Å². The first kappa shape index (κ1) is 19.8. The fourth-order valence-corrected chi connectivity index (χ4v) is 7.73. The van der Waals surface area contributed by atoms with Gasteiger partial charge in [0.25, 0.3) is 0 Å². The van der Waals surface area contributed by atoms with Gasteiger partial charge in [-0.3, -0.25) is 4.79 Å². The largest absolute Gasteiger partial charge is 0.346 e. The molecule has 0 spiro atoms. The smallest absolute Gasteiger partial charge is 0.177 e. The Morgan fingerprint density at radius 3 is 2.83 bits per heavy atom. The van der Waals surface area contributed by atoms with E-state index in [4.69, 9.17) is 9.47 Å². The molecule has 3 fully saturated rings. The second-order valence-electron chi connectivity index (χ2n) is 10.4. The molecule has 29 heavy (non-hydrogen) atoms. The maximum Gasteiger partial charge on any atom is 0.177 e. The van der Waals surface area contributed by atoms with Crippen LogP contribution in [0.2, 0.25) is 0 Å². The number of ketones is 1. The molecule has 9 atom stereocenters. The molecule has 0 bridgehead atoms. The average molecular weight is 397 g/mol. The van der Waals surface area contributed by atoms with Crippen LogP contribution >= 0.6 is 0 Å². The molecule has 0 aromatic rings. The lowest BCUT2D eigenvalue weighted by Gasteiger charge is -2.54. The molecule has 0 aliphatic heterocycles. The van der Waals surface area contributed by atoms with Gasteiger partial charge < -0.3 is 9.47 Å². The zero-order valence-electron chi connectivity index (χ0n) is 18.2. The van der Waals surface area contributed by atoms with Gasteiger partial charge in [0, 0.05) is 11.8 Å². The van der Waals surface area contributed by atoms with Crippen molar-refractivity contribution in [2.24, 2.45) is 40.9 Å². The van der Waals surface area contributed by atoms with Crippen LogP contribution in [0, 0.1) is 40.9 Å². The normalized spacial score (nSPS) is 45.7. The van der Waals surface area contributed by atoms with Crippen LogP contribution in [-0.2, 0) is 14.3 Å². The molecule has 0 aromatic carbocycles. The van der Waals surface area contributed by atoms with Crippen molar-refractivity contribution < 1.29 is 14.3 Å². The van der Waals surface area contributed by atoms with Crippen molar-refractivity contribution in [2.45, 2.75) is 77.8 Å². The van der Waals surface area contributed by atoms with Crippen LogP contribution in [0.25, 0.3) is 0 Å². The SMILES string of the molecule is C=CC(OC(C)C)OC1C2CC2C2C3C=CC4=CC(=O)CCC4C3CCC12CC. The number of ether oxygens (including phenoxy) is 2. The van der Waals surface area contributed by atoms with Gasteiger partial charge in [-0.25, -0.2) is 0 Å². The lowest BCUT2D eigenvalue weighted by Crippen LogP contribution is -2.51. The summed E-state index contributed by atoms with van der Waals surface area (Å²) < 4.78 is 12.7. The lowest BCUT2D eigenvalue weighted by atomic mass is 9.51. The minimum absolute atomic E-state index is 0.138. The Kier molecular flexibility index (Phi) is 4.90. The molecular weight excluding hydrogens is 360 g/mol. The fraction of sp³-hybridized carbons (Fsp3) is 0.731. The van der Waals surface area contributed by atoms with E-state index in [9.17, 15) is 4.79 Å². The van der Waals surface area contributed by atoms with Crippen LogP contribution < -0.4 is 0 Å². The third kappa shape index (κ3) is 3.03. The highest BCUT2D eigenvalue weighted by Crippen LogP contribution is 2.73. The van der Waals surface area contributed by atoms with Crippen molar-refractivity contribution in [1.82, 2.24) is 0 Å². The summed E-state index contributed by atoms with van der Waals surface area (Å²) in [4.78, 5) is 11.9. The molecule has 3 nitrogen and oxygen atoms in total. The van der Waals surface area contributed by atoms with E-state index in [1.165, 1.54) is 31.3 Å². The van der Waals surface area contributed by atoms with Crippen molar-refractivity contribution in [2.75, 3.05) is 0 Å². The van der Waals surface area contributed by atoms with Crippen LogP contribution in [0.1, 0.15) is 59.3 Å². The van der Waals surface area contributed by atoms with E-state index >= 15 is 0 Å². The molecule has 5 aliphatic carbocycles. The van der Waals surface area contributed by atoms with Gasteiger partial charge in [-0.1, -0.05) is 25.7 Å². The molecule has 0 amide bonds. The van der Waals surface area contributed by atoms with Crippen molar-refractivity contribution >= 4 is 5.78 Å². The summed E-state index contributed by atoms with van der Waals surface area (Å²) in [6.07, 6.45) is 15.5. The van der Waals surface area contributed by atoms with E-state index < -0.39 is 0 Å². The highest BCUT2D eigenvalue weighted by molar-refractivity contribution is 5.91. The quantitative estimate of drug-likeness (QED) is 0.441. The van der Waals surface area contributed by atoms with E-state index in [1.807, 2.05) is 12.2 Å². The number of carbonyl (C=O) groups excluding carboxylic acids is 1. The molecule has 3 saturated carbocycles. The van der Waals surface area contributed by atoms with Crippen molar-refractivity contribution in [1.29, 1.82) is 0 Å². The molecule has 0 N–H and O–H groups in total. The van der Waals surface area contributed by atoms with E-state index in [2.05, 4.69) is 39.5 Å². The molecule has 5 aliphatic rings. The van der Waals surface area contributed by atoms with Gasteiger partial charge in [0.15, 0.2) is 12.1 Å². The second kappa shape index (κ2) is 7.20. The van der Waals surface area contributed by atoms with Gasteiger partial charge in [-0.05, 0) is 99.2 Å². The summed E-state index contributed by atoms with van der Waals surface area (Å²) in [6, 6.07) is 0. The second-order valence-corrected chi connectivity index (χ2v) is 10.4. The maximum atomic E-state index is 11.9. The standard InChI is InChI=1S/C26H36O3/c1-5-23(28-15(3)4)29-25-22-14-21(22)24-20-9-7-16-13-17(27)8-10-18(16)19(20)11-12-26(24,25)6-2/h5,7,9,13,15,18-25H,1,6,8,10-12,14H2,2-4H3. The first-order chi connectivity index (χ1) is 14.0. The summed E-state index contributed by atoms with van der Waals surface area (Å²) in [7, 11) is 0. The molecule has 0 heterocycles. The Balaban J connectivity index is 1.43. The minimum atomic E-state index is -0.304. The Morgan fingerprint density at radius 1 is 1.28 bits per heavy atom. The highest BCUT2D eigenvalue weighted by Gasteiger charge is 2.70. The number of rotatable bonds is 6. The zero-order valence-corrected chi connectivity index (χ0v) is 18.2. The van der Waals surface area contributed by atoms with E-state index in [1.54, 1.807) is 0 Å². The van der Waals surface area contributed by atoms with Gasteiger partial charge in [-0.15, -0.1) is 0 Å². The maximum absolute atomic E-state index is 11.9. The number of allylic oxidation sites excluding steroid dienone is 4. The predicted molar refractivity (Wildman–Crippen MR) is 114 cm³/mol. The Labute approximate surface area is 175 Å². The molecule has 0 aromatic heterocycles. The number of fused-ring (bicyclic) bond motifs is 7. The summed E-state index contributed by atoms with van der Waals surface area (Å²) in [5.74, 6) is 4.49. The molecule has 5 rings (SSSR count). The molecule has 0 saturated heterocycles. The molecule has 158 valence electrons. The average Bonchev–Trinajstić information content (AvgIpc) is 3.44. The summed E-state index contributed by atoms with van der Waals surface area (Å²) in [5, 5.41) is 0. The van der Waals surface area contributed by atoms with Crippen LogP contribution in [0.5, 0.6) is 0 Å². The lowest BCUT2D eigenvalue weighted by molar-refractivity contribution is -0.202. The number of hydrogen-bond donors (Lipinski definition) is 0. The number of carbonyl (C=O) groups is 1. The van der Waals surface area contributed by atoms with Crippen LogP contribution in [0.15, 0.2) is 36.5 Å². The number of hydrogen-bond acceptors (Lipinski definition) is 3. The molecule has 9 unspecified atom stereocenters. The third-order valence-corrected chi connectivity index (χ3v) is 8.85. The van der Waals surface area contributed by atoms with E-state index in [0.29, 0.717) is 35.6 Å². The third-order valence-electron chi connectivity index (χ3n) is 8.85. The minimum Gasteiger partial charge on any atom is -0.346 e. The first-order valence-corrected chi connectivity index (χ1v) is 11.8. The Bertz CT molecular complexity index is 749. The summed E-state index contributed by atoms with van der Waals surface area (Å²) in [5.41, 5.74) is 1.58. The summed E-state index contributed by atoms with van der Waals surface area (Å²) >= 11 is 0. The van der Waals surface area contributed by atoms with Crippen LogP contribution in [0.3, 0.4) is 0 Å². The van der Waals surface area contributed by atoms with Gasteiger partial charge in [-0.2, -0.15) is 0 Å². The predicted octanol–water partition coefficient (Wildman–Crippen LogP) is 5.47. The van der Waals surface area contributed by atoms with Crippen LogP contribution in [-0.4, -0.2) is 24.3 Å². The van der Waals surface area contributed by atoms with Crippen molar-refractivity contribution in [3.05, 3.63) is 36.5 Å². The van der Waals surface area contributed by atoms with Gasteiger partial charge in [0.05, 0.1) is 12.2 Å². The van der Waals surface area contributed by atoms with E-state index in [0.717, 1.165) is 24.7 Å². The Hall–Kier alpha value is -1.19. The first-order valence-electron chi connectivity index (χ1n) is 11.8. The molecule has 3 heteroatoms. The Morgan fingerprint density at radius 2 is 2.10 bits per heavy atom. The topological polar surface area (TPSA) is 35.5 Å².